The smallest absolute Gasteiger partial charge is 0.265 e. The number of carbonyl (C=O) groups is 1. The van der Waals surface area contributed by atoms with Crippen molar-refractivity contribution in [2.75, 3.05) is 5.32 Å². The summed E-state index contributed by atoms with van der Waals surface area (Å²) in [6.45, 7) is 0. The molecule has 0 fully saturated rings. The fourth-order valence-electron chi connectivity index (χ4n) is 3.13. The quantitative estimate of drug-likeness (QED) is 0.349. The van der Waals surface area contributed by atoms with Gasteiger partial charge >= 0.3 is 0 Å². The summed E-state index contributed by atoms with van der Waals surface area (Å²) in [5.74, 6) is -0.878. The van der Waals surface area contributed by atoms with Crippen molar-refractivity contribution in [1.29, 1.82) is 0 Å². The summed E-state index contributed by atoms with van der Waals surface area (Å²) >= 11 is 4.48. The molecule has 1 amide bonds. The molecule has 6 nitrogen and oxygen atoms in total. The van der Waals surface area contributed by atoms with Crippen LogP contribution < -0.4 is 5.32 Å². The van der Waals surface area contributed by atoms with E-state index in [1.54, 1.807) is 41.4 Å². The molecule has 0 saturated heterocycles. The van der Waals surface area contributed by atoms with Gasteiger partial charge in [0.05, 0.1) is 16.8 Å². The van der Waals surface area contributed by atoms with Gasteiger partial charge in [0.1, 0.15) is 5.82 Å². The highest BCUT2D eigenvalue weighted by Gasteiger charge is 2.16. The van der Waals surface area contributed by atoms with Crippen LogP contribution >= 0.6 is 27.3 Å². The van der Waals surface area contributed by atoms with Crippen LogP contribution in [0.5, 0.6) is 0 Å². The predicted molar refractivity (Wildman–Crippen MR) is 122 cm³/mol. The maximum Gasteiger partial charge on any atom is 0.265 e. The van der Waals surface area contributed by atoms with Crippen LogP contribution in [-0.2, 0) is 0 Å². The van der Waals surface area contributed by atoms with Crippen molar-refractivity contribution in [2.45, 2.75) is 0 Å². The summed E-state index contributed by atoms with van der Waals surface area (Å²) in [6.07, 6.45) is 8.86. The number of amides is 1. The van der Waals surface area contributed by atoms with Crippen LogP contribution in [0.25, 0.3) is 27.9 Å². The van der Waals surface area contributed by atoms with Gasteiger partial charge in [0, 0.05) is 46.0 Å². The Morgan fingerprint density at radius 2 is 2.00 bits per heavy atom. The largest absolute Gasteiger partial charge is 0.319 e. The molecule has 5 aromatic rings. The Labute approximate surface area is 188 Å². The molecule has 9 heteroatoms. The lowest BCUT2D eigenvalue weighted by Crippen LogP contribution is -2.11. The van der Waals surface area contributed by atoms with Gasteiger partial charge in [-0.2, -0.15) is 5.10 Å². The number of rotatable bonds is 4. The lowest BCUT2D eigenvalue weighted by molar-refractivity contribution is 0.103. The molecule has 0 aliphatic heterocycles. The number of benzene rings is 1. The molecule has 1 aromatic carbocycles. The molecule has 0 aliphatic rings. The molecule has 4 heterocycles. The maximum absolute atomic E-state index is 14.0. The van der Waals surface area contributed by atoms with E-state index in [1.165, 1.54) is 23.5 Å². The third kappa shape index (κ3) is 3.85. The van der Waals surface area contributed by atoms with E-state index in [2.05, 4.69) is 36.3 Å². The molecule has 0 spiro atoms. The average molecular weight is 494 g/mol. The first-order valence-electron chi connectivity index (χ1n) is 9.17. The molecule has 5 rings (SSSR count). The second kappa shape index (κ2) is 8.01. The minimum absolute atomic E-state index is 0.128. The van der Waals surface area contributed by atoms with Crippen molar-refractivity contribution in [3.05, 3.63) is 87.9 Å². The van der Waals surface area contributed by atoms with Crippen molar-refractivity contribution >= 4 is 44.5 Å². The van der Waals surface area contributed by atoms with E-state index in [0.29, 0.717) is 15.0 Å². The van der Waals surface area contributed by atoms with E-state index >= 15 is 0 Å². The van der Waals surface area contributed by atoms with Crippen LogP contribution in [0.15, 0.2) is 77.2 Å². The Morgan fingerprint density at radius 3 is 2.81 bits per heavy atom. The van der Waals surface area contributed by atoms with Gasteiger partial charge in [-0.15, -0.1) is 11.3 Å². The molecule has 0 bridgehead atoms. The molecule has 4 aromatic heterocycles. The number of thiophene rings is 1. The van der Waals surface area contributed by atoms with Crippen LogP contribution in [0.1, 0.15) is 9.67 Å². The van der Waals surface area contributed by atoms with E-state index in [9.17, 15) is 9.18 Å². The monoisotopic (exact) mass is 493 g/mol. The van der Waals surface area contributed by atoms with Gasteiger partial charge in [0.2, 0.25) is 0 Å². The molecular formula is C22H13BrFN5OS. The number of pyridine rings is 1. The average Bonchev–Trinajstić information content (AvgIpc) is 3.43. The Bertz CT molecular complexity index is 1420. The molecule has 1 N–H and O–H groups in total. The van der Waals surface area contributed by atoms with E-state index in [0.717, 1.165) is 22.3 Å². The van der Waals surface area contributed by atoms with Crippen molar-refractivity contribution in [1.82, 2.24) is 19.6 Å². The number of aromatic nitrogens is 4. The Morgan fingerprint density at radius 1 is 1.10 bits per heavy atom. The van der Waals surface area contributed by atoms with Crippen LogP contribution in [-0.4, -0.2) is 25.5 Å². The zero-order valence-electron chi connectivity index (χ0n) is 15.8. The van der Waals surface area contributed by atoms with E-state index in [4.69, 9.17) is 0 Å². The molecule has 152 valence electrons. The number of anilines is 1. The first kappa shape index (κ1) is 19.5. The first-order chi connectivity index (χ1) is 15.1. The second-order valence-corrected chi connectivity index (χ2v) is 8.52. The lowest BCUT2D eigenvalue weighted by atomic mass is 10.1. The summed E-state index contributed by atoms with van der Waals surface area (Å²) in [4.78, 5) is 21.7. The number of hydrogen-bond donors (Lipinski definition) is 1. The Balaban J connectivity index is 1.42. The fourth-order valence-corrected chi connectivity index (χ4v) is 4.27. The normalized spacial score (nSPS) is 11.0. The first-order valence-corrected chi connectivity index (χ1v) is 10.8. The van der Waals surface area contributed by atoms with Gasteiger partial charge in [-0.05, 0) is 41.3 Å². The minimum Gasteiger partial charge on any atom is -0.319 e. The highest BCUT2D eigenvalue weighted by Crippen LogP contribution is 2.30. The zero-order valence-corrected chi connectivity index (χ0v) is 18.2. The SMILES string of the molecule is O=C(Nc1ccc(Br)cc1F)c1cc(-c2cnn3cc(-c4cccnc4)cnc23)cs1. The number of halogens is 2. The third-order valence-corrected chi connectivity index (χ3v) is 6.09. The minimum atomic E-state index is -0.504. The Kier molecular flexibility index (Phi) is 5.05. The topological polar surface area (TPSA) is 72.2 Å². The summed E-state index contributed by atoms with van der Waals surface area (Å²) < 4.78 is 16.3. The number of nitrogens with zero attached hydrogens (tertiary/aromatic N) is 4. The summed E-state index contributed by atoms with van der Waals surface area (Å²) in [7, 11) is 0. The summed E-state index contributed by atoms with van der Waals surface area (Å²) in [5, 5.41) is 8.88. The summed E-state index contributed by atoms with van der Waals surface area (Å²) in [6, 6.07) is 10.1. The number of carbonyl (C=O) groups excluding carboxylic acids is 1. The van der Waals surface area contributed by atoms with Crippen LogP contribution in [0.4, 0.5) is 10.1 Å². The van der Waals surface area contributed by atoms with Crippen molar-refractivity contribution < 1.29 is 9.18 Å². The highest BCUT2D eigenvalue weighted by atomic mass is 79.9. The molecule has 0 saturated carbocycles. The number of nitrogens with one attached hydrogen (secondary N) is 1. The number of hydrogen-bond acceptors (Lipinski definition) is 5. The molecule has 31 heavy (non-hydrogen) atoms. The molecule has 0 unspecified atom stereocenters. The fraction of sp³-hybridized carbons (Fsp3) is 0. The zero-order chi connectivity index (χ0) is 21.4. The summed E-state index contributed by atoms with van der Waals surface area (Å²) in [5.41, 5.74) is 4.28. The van der Waals surface area contributed by atoms with Crippen molar-refractivity contribution in [2.24, 2.45) is 0 Å². The van der Waals surface area contributed by atoms with Gasteiger partial charge in [-0.3, -0.25) is 9.78 Å². The standard InChI is InChI=1S/C22H13BrFN5OS/c23-16-3-4-19(18(24)7-16)28-22(30)20-6-14(12-31-20)17-10-27-29-11-15(9-26-21(17)29)13-2-1-5-25-8-13/h1-12H,(H,28,30). The van der Waals surface area contributed by atoms with Crippen LogP contribution in [0, 0.1) is 5.82 Å². The molecule has 0 atom stereocenters. The third-order valence-electron chi connectivity index (χ3n) is 4.66. The van der Waals surface area contributed by atoms with E-state index in [-0.39, 0.29) is 11.6 Å². The Hall–Kier alpha value is -3.43. The predicted octanol–water partition coefficient (Wildman–Crippen LogP) is 5.67. The lowest BCUT2D eigenvalue weighted by Gasteiger charge is -2.05. The van der Waals surface area contributed by atoms with Crippen molar-refractivity contribution in [3.63, 3.8) is 0 Å². The number of fused-ring (bicyclic) bond motifs is 1. The van der Waals surface area contributed by atoms with Gasteiger partial charge in [0.25, 0.3) is 5.91 Å². The molecule has 0 radical (unpaired) electrons. The molecular weight excluding hydrogens is 481 g/mol. The van der Waals surface area contributed by atoms with Gasteiger partial charge < -0.3 is 5.32 Å². The van der Waals surface area contributed by atoms with Crippen LogP contribution in [0.2, 0.25) is 0 Å². The van der Waals surface area contributed by atoms with Gasteiger partial charge in [-0.25, -0.2) is 13.9 Å². The van der Waals surface area contributed by atoms with Gasteiger partial charge in [-0.1, -0.05) is 22.0 Å². The highest BCUT2D eigenvalue weighted by molar-refractivity contribution is 9.10. The van der Waals surface area contributed by atoms with Crippen molar-refractivity contribution in [3.8, 4) is 22.3 Å². The second-order valence-electron chi connectivity index (χ2n) is 6.69. The van der Waals surface area contributed by atoms with E-state index in [1.807, 2.05) is 23.7 Å². The van der Waals surface area contributed by atoms with Gasteiger partial charge in [0.15, 0.2) is 5.65 Å². The van der Waals surface area contributed by atoms with Crippen LogP contribution in [0.3, 0.4) is 0 Å². The maximum atomic E-state index is 14.0. The molecule has 0 aliphatic carbocycles. The van der Waals surface area contributed by atoms with E-state index < -0.39 is 5.82 Å².